The first-order chi connectivity index (χ1) is 9.83. The SMILES string of the molecule is O=C(Nc1nccs1)[C@@H]1CCCN(c2cnccn2)C1. The zero-order valence-corrected chi connectivity index (χ0v) is 11.7. The maximum atomic E-state index is 12.2. The zero-order chi connectivity index (χ0) is 13.8. The summed E-state index contributed by atoms with van der Waals surface area (Å²) in [6, 6.07) is 0. The van der Waals surface area contributed by atoms with Gasteiger partial charge in [-0.05, 0) is 12.8 Å². The highest BCUT2D eigenvalue weighted by atomic mass is 32.1. The molecule has 20 heavy (non-hydrogen) atoms. The van der Waals surface area contributed by atoms with Crippen molar-refractivity contribution in [3.8, 4) is 0 Å². The van der Waals surface area contributed by atoms with Gasteiger partial charge in [0.15, 0.2) is 5.13 Å². The van der Waals surface area contributed by atoms with Crippen molar-refractivity contribution in [2.24, 2.45) is 5.92 Å². The van der Waals surface area contributed by atoms with Crippen LogP contribution in [-0.2, 0) is 4.79 Å². The number of carbonyl (C=O) groups is 1. The molecule has 1 aliphatic rings. The molecule has 2 aromatic rings. The molecule has 0 aliphatic carbocycles. The Morgan fingerprint density at radius 3 is 3.05 bits per heavy atom. The number of amides is 1. The van der Waals surface area contributed by atoms with Crippen LogP contribution >= 0.6 is 11.3 Å². The van der Waals surface area contributed by atoms with E-state index in [0.717, 1.165) is 25.2 Å². The Labute approximate surface area is 120 Å². The van der Waals surface area contributed by atoms with Gasteiger partial charge in [-0.3, -0.25) is 9.78 Å². The molecule has 6 nitrogen and oxygen atoms in total. The van der Waals surface area contributed by atoms with E-state index in [4.69, 9.17) is 0 Å². The third-order valence-corrected chi connectivity index (χ3v) is 4.02. The molecule has 1 amide bonds. The monoisotopic (exact) mass is 289 g/mol. The smallest absolute Gasteiger partial charge is 0.231 e. The Bertz CT molecular complexity index is 559. The van der Waals surface area contributed by atoms with Crippen LogP contribution in [-0.4, -0.2) is 33.9 Å². The number of hydrogen-bond donors (Lipinski definition) is 1. The van der Waals surface area contributed by atoms with Gasteiger partial charge in [0.1, 0.15) is 5.82 Å². The average molecular weight is 289 g/mol. The number of anilines is 2. The summed E-state index contributed by atoms with van der Waals surface area (Å²) in [4.78, 5) is 26.8. The third-order valence-electron chi connectivity index (χ3n) is 3.33. The molecule has 1 fully saturated rings. The minimum atomic E-state index is -0.0327. The van der Waals surface area contributed by atoms with E-state index in [1.165, 1.54) is 11.3 Å². The van der Waals surface area contributed by atoms with Crippen LogP contribution in [0.15, 0.2) is 30.2 Å². The van der Waals surface area contributed by atoms with Crippen LogP contribution in [0.2, 0.25) is 0 Å². The van der Waals surface area contributed by atoms with E-state index in [1.54, 1.807) is 24.8 Å². The lowest BCUT2D eigenvalue weighted by Crippen LogP contribution is -2.41. The van der Waals surface area contributed by atoms with Gasteiger partial charge in [0.2, 0.25) is 5.91 Å². The minimum absolute atomic E-state index is 0.0327. The standard InChI is InChI=1S/C13H15N5OS/c19-12(17-13-16-5-7-20-13)10-2-1-6-18(9-10)11-8-14-3-4-15-11/h3-5,7-8,10H,1-2,6,9H2,(H,16,17,19)/t10-/m1/s1. The lowest BCUT2D eigenvalue weighted by molar-refractivity contribution is -0.120. The number of piperidine rings is 1. The van der Waals surface area contributed by atoms with Crippen molar-refractivity contribution in [2.75, 3.05) is 23.3 Å². The van der Waals surface area contributed by atoms with Crippen molar-refractivity contribution >= 4 is 28.2 Å². The van der Waals surface area contributed by atoms with E-state index in [0.29, 0.717) is 11.7 Å². The highest BCUT2D eigenvalue weighted by Crippen LogP contribution is 2.22. The predicted octanol–water partition coefficient (Wildman–Crippen LogP) is 1.79. The number of aromatic nitrogens is 3. The molecular weight excluding hydrogens is 274 g/mol. The lowest BCUT2D eigenvalue weighted by Gasteiger charge is -2.32. The second-order valence-electron chi connectivity index (χ2n) is 4.68. The Hall–Kier alpha value is -2.02. The molecule has 1 N–H and O–H groups in total. The summed E-state index contributed by atoms with van der Waals surface area (Å²) in [6.45, 7) is 1.59. The maximum absolute atomic E-state index is 12.2. The quantitative estimate of drug-likeness (QED) is 0.932. The lowest BCUT2D eigenvalue weighted by atomic mass is 9.97. The number of carbonyl (C=O) groups excluding carboxylic acids is 1. The molecule has 3 heterocycles. The second-order valence-corrected chi connectivity index (χ2v) is 5.57. The molecule has 1 aliphatic heterocycles. The van der Waals surface area contributed by atoms with Crippen molar-refractivity contribution < 1.29 is 4.79 Å². The zero-order valence-electron chi connectivity index (χ0n) is 10.9. The second kappa shape index (κ2) is 5.96. The number of nitrogens with zero attached hydrogens (tertiary/aromatic N) is 4. The molecule has 1 saturated heterocycles. The summed E-state index contributed by atoms with van der Waals surface area (Å²) in [7, 11) is 0. The van der Waals surface area contributed by atoms with Crippen molar-refractivity contribution in [1.82, 2.24) is 15.0 Å². The fourth-order valence-electron chi connectivity index (χ4n) is 2.35. The largest absolute Gasteiger partial charge is 0.355 e. The molecular formula is C13H15N5OS. The van der Waals surface area contributed by atoms with Gasteiger partial charge < -0.3 is 10.2 Å². The first-order valence-electron chi connectivity index (χ1n) is 6.54. The summed E-state index contributed by atoms with van der Waals surface area (Å²) in [5.41, 5.74) is 0. The number of thiazole rings is 1. The van der Waals surface area contributed by atoms with Gasteiger partial charge in [0.05, 0.1) is 12.1 Å². The Balaban J connectivity index is 1.64. The van der Waals surface area contributed by atoms with E-state index in [-0.39, 0.29) is 11.8 Å². The molecule has 0 unspecified atom stereocenters. The maximum Gasteiger partial charge on any atom is 0.231 e. The molecule has 3 rings (SSSR count). The molecule has 104 valence electrons. The van der Waals surface area contributed by atoms with Gasteiger partial charge in [-0.15, -0.1) is 11.3 Å². The molecule has 0 spiro atoms. The highest BCUT2D eigenvalue weighted by Gasteiger charge is 2.26. The van der Waals surface area contributed by atoms with Gasteiger partial charge in [0.25, 0.3) is 0 Å². The Kier molecular flexibility index (Phi) is 3.87. The summed E-state index contributed by atoms with van der Waals surface area (Å²) < 4.78 is 0. The van der Waals surface area contributed by atoms with Crippen LogP contribution in [0, 0.1) is 5.92 Å². The van der Waals surface area contributed by atoms with E-state index >= 15 is 0 Å². The van der Waals surface area contributed by atoms with Crippen molar-refractivity contribution in [1.29, 1.82) is 0 Å². The number of nitrogens with one attached hydrogen (secondary N) is 1. The van der Waals surface area contributed by atoms with E-state index < -0.39 is 0 Å². The van der Waals surface area contributed by atoms with Gasteiger partial charge in [0, 0.05) is 37.1 Å². The van der Waals surface area contributed by atoms with Crippen molar-refractivity contribution in [2.45, 2.75) is 12.8 Å². The molecule has 1 atom stereocenters. The molecule has 0 aromatic carbocycles. The molecule has 7 heteroatoms. The summed E-state index contributed by atoms with van der Waals surface area (Å²) in [5.74, 6) is 0.836. The van der Waals surface area contributed by atoms with E-state index in [2.05, 4.69) is 25.2 Å². The Morgan fingerprint density at radius 2 is 2.30 bits per heavy atom. The number of hydrogen-bond acceptors (Lipinski definition) is 6. The molecule has 0 bridgehead atoms. The molecule has 2 aromatic heterocycles. The minimum Gasteiger partial charge on any atom is -0.355 e. The topological polar surface area (TPSA) is 71.0 Å². The van der Waals surface area contributed by atoms with E-state index in [9.17, 15) is 4.79 Å². The van der Waals surface area contributed by atoms with Crippen LogP contribution in [0.5, 0.6) is 0 Å². The number of rotatable bonds is 3. The average Bonchev–Trinajstić information content (AvgIpc) is 3.01. The predicted molar refractivity (Wildman–Crippen MR) is 77.7 cm³/mol. The summed E-state index contributed by atoms with van der Waals surface area (Å²) >= 11 is 1.43. The van der Waals surface area contributed by atoms with Crippen LogP contribution in [0.25, 0.3) is 0 Å². The van der Waals surface area contributed by atoms with Crippen molar-refractivity contribution in [3.05, 3.63) is 30.2 Å². The van der Waals surface area contributed by atoms with Crippen LogP contribution in [0.1, 0.15) is 12.8 Å². The fourth-order valence-corrected chi connectivity index (χ4v) is 2.88. The summed E-state index contributed by atoms with van der Waals surface area (Å²) in [6.07, 6.45) is 8.63. The van der Waals surface area contributed by atoms with Crippen molar-refractivity contribution in [3.63, 3.8) is 0 Å². The highest BCUT2D eigenvalue weighted by molar-refractivity contribution is 7.13. The first-order valence-corrected chi connectivity index (χ1v) is 7.42. The van der Waals surface area contributed by atoms with E-state index in [1.807, 2.05) is 5.38 Å². The Morgan fingerprint density at radius 1 is 1.35 bits per heavy atom. The van der Waals surface area contributed by atoms with Gasteiger partial charge in [-0.1, -0.05) is 0 Å². The normalized spacial score (nSPS) is 18.8. The third kappa shape index (κ3) is 2.93. The molecule has 0 saturated carbocycles. The first kappa shape index (κ1) is 13.0. The van der Waals surface area contributed by atoms with Crippen LogP contribution < -0.4 is 10.2 Å². The molecule has 0 radical (unpaired) electrons. The van der Waals surface area contributed by atoms with Gasteiger partial charge >= 0.3 is 0 Å². The van der Waals surface area contributed by atoms with Gasteiger partial charge in [-0.2, -0.15) is 0 Å². The fraction of sp³-hybridized carbons (Fsp3) is 0.385. The van der Waals surface area contributed by atoms with Gasteiger partial charge in [-0.25, -0.2) is 9.97 Å². The van der Waals surface area contributed by atoms with Crippen LogP contribution in [0.4, 0.5) is 10.9 Å². The van der Waals surface area contributed by atoms with Crippen LogP contribution in [0.3, 0.4) is 0 Å². The summed E-state index contributed by atoms with van der Waals surface area (Å²) in [5, 5.41) is 5.38.